The zero-order chi connectivity index (χ0) is 56.1. The second-order valence-corrected chi connectivity index (χ2v) is 18.8. The fourth-order valence-electron chi connectivity index (χ4n) is 7.58. The van der Waals surface area contributed by atoms with Crippen LogP contribution in [0.2, 0.25) is 0 Å². The highest BCUT2D eigenvalue weighted by Crippen LogP contribution is 2.26. The van der Waals surface area contributed by atoms with Crippen LogP contribution in [0.15, 0.2) is 146 Å². The quantitative estimate of drug-likeness (QED) is 0.0228. The lowest BCUT2D eigenvalue weighted by molar-refractivity contribution is -0.301. The number of carbonyl (C=O) groups excluding carboxylic acids is 3. The molecule has 12 heteroatoms. The summed E-state index contributed by atoms with van der Waals surface area (Å²) in [7, 11) is 0. The summed E-state index contributed by atoms with van der Waals surface area (Å²) in [6.45, 7) is 5.55. The van der Waals surface area contributed by atoms with E-state index in [1.807, 2.05) is 12.2 Å². The summed E-state index contributed by atoms with van der Waals surface area (Å²) in [5.74, 6) is -3.31. The lowest BCUT2D eigenvalue weighted by atomic mass is 9.98. The molecule has 1 fully saturated rings. The van der Waals surface area contributed by atoms with Gasteiger partial charge >= 0.3 is 23.9 Å². The summed E-state index contributed by atoms with van der Waals surface area (Å²) in [6.07, 6.45) is 61.1. The molecule has 0 aliphatic carbocycles. The Morgan fingerprint density at radius 1 is 0.429 bits per heavy atom. The lowest BCUT2D eigenvalue weighted by Gasteiger charge is -2.40. The first-order valence-corrected chi connectivity index (χ1v) is 28.8. The van der Waals surface area contributed by atoms with E-state index in [9.17, 15) is 34.5 Å². The van der Waals surface area contributed by atoms with Gasteiger partial charge in [0.2, 0.25) is 0 Å². The summed E-state index contributed by atoms with van der Waals surface area (Å²) in [6, 6.07) is 0. The van der Waals surface area contributed by atoms with E-state index in [0.29, 0.717) is 25.7 Å². The minimum atomic E-state index is -1.94. The molecule has 0 aromatic rings. The molecule has 0 amide bonds. The van der Waals surface area contributed by atoms with Gasteiger partial charge in [-0.25, -0.2) is 4.79 Å². The van der Waals surface area contributed by atoms with Crippen molar-refractivity contribution in [3.63, 3.8) is 0 Å². The summed E-state index contributed by atoms with van der Waals surface area (Å²) in [5.41, 5.74) is 0. The maximum atomic E-state index is 13.1. The molecule has 0 radical (unpaired) electrons. The van der Waals surface area contributed by atoms with Gasteiger partial charge in [0.05, 0.1) is 6.61 Å². The topological polar surface area (TPSA) is 175 Å². The van der Waals surface area contributed by atoms with Crippen LogP contribution >= 0.6 is 0 Å². The number of unbranched alkanes of at least 4 members (excludes halogenated alkanes) is 8. The van der Waals surface area contributed by atoms with Gasteiger partial charge in [-0.05, 0) is 128 Å². The number of hydrogen-bond donors (Lipinski definition) is 3. The first kappa shape index (κ1) is 69.6. The Kier molecular flexibility index (Phi) is 46.4. The SMILES string of the molecule is CC/C=C\C/C=C\C/C=C\C/C=C\C/C=C\CCCC(=O)OC1C(OCC(COC(=O)CCCC/C=C\C/C=C\C/C=C\C/C=C\CC)OC(=O)CCCCCCC/C=C\C/C=C\C/C=C\CC)OC(C(=O)O)C(O)C1O. The maximum Gasteiger partial charge on any atom is 0.335 e. The molecule has 1 rings (SSSR count). The number of ether oxygens (including phenoxy) is 5. The molecular weight excluding hydrogens is 973 g/mol. The van der Waals surface area contributed by atoms with Crippen molar-refractivity contribution in [1.82, 2.24) is 0 Å². The molecule has 1 heterocycles. The van der Waals surface area contributed by atoms with E-state index < -0.39 is 67.3 Å². The zero-order valence-electron chi connectivity index (χ0n) is 47.1. The van der Waals surface area contributed by atoms with Crippen molar-refractivity contribution in [2.75, 3.05) is 13.2 Å². The van der Waals surface area contributed by atoms with Gasteiger partial charge in [0.1, 0.15) is 18.8 Å². The molecule has 77 heavy (non-hydrogen) atoms. The highest BCUT2D eigenvalue weighted by Gasteiger charge is 2.50. The van der Waals surface area contributed by atoms with Gasteiger partial charge in [0, 0.05) is 19.3 Å². The van der Waals surface area contributed by atoms with E-state index in [0.717, 1.165) is 122 Å². The van der Waals surface area contributed by atoms with Crippen LogP contribution in [-0.2, 0) is 42.9 Å². The Morgan fingerprint density at radius 3 is 1.25 bits per heavy atom. The van der Waals surface area contributed by atoms with Crippen molar-refractivity contribution in [3.8, 4) is 0 Å². The summed E-state index contributed by atoms with van der Waals surface area (Å²) in [4.78, 5) is 51.1. The number of hydrogen-bond acceptors (Lipinski definition) is 11. The number of aliphatic hydroxyl groups excluding tert-OH is 2. The smallest absolute Gasteiger partial charge is 0.335 e. The van der Waals surface area contributed by atoms with Gasteiger partial charge in [0.15, 0.2) is 24.6 Å². The lowest BCUT2D eigenvalue weighted by Crippen LogP contribution is -2.61. The van der Waals surface area contributed by atoms with Crippen molar-refractivity contribution >= 4 is 23.9 Å². The minimum Gasteiger partial charge on any atom is -0.479 e. The van der Waals surface area contributed by atoms with Crippen LogP contribution in [0, 0.1) is 0 Å². The van der Waals surface area contributed by atoms with E-state index in [2.05, 4.69) is 154 Å². The number of allylic oxidation sites excluding steroid dienone is 24. The summed E-state index contributed by atoms with van der Waals surface area (Å²) >= 11 is 0. The summed E-state index contributed by atoms with van der Waals surface area (Å²) < 4.78 is 28.3. The molecule has 6 unspecified atom stereocenters. The average Bonchev–Trinajstić information content (AvgIpc) is 3.43. The van der Waals surface area contributed by atoms with Crippen LogP contribution in [0.5, 0.6) is 0 Å². The van der Waals surface area contributed by atoms with Crippen molar-refractivity contribution < 1.29 is 58.2 Å². The molecule has 430 valence electrons. The monoisotopic (exact) mass is 1070 g/mol. The number of carboxylic acids is 1. The largest absolute Gasteiger partial charge is 0.479 e. The Labute approximate surface area is 463 Å². The van der Waals surface area contributed by atoms with Crippen LogP contribution in [-0.4, -0.2) is 89.2 Å². The minimum absolute atomic E-state index is 0.0329. The van der Waals surface area contributed by atoms with E-state index in [1.165, 1.54) is 0 Å². The molecule has 0 aromatic heterocycles. The molecule has 12 nitrogen and oxygen atoms in total. The second kappa shape index (κ2) is 51.4. The zero-order valence-corrected chi connectivity index (χ0v) is 47.1. The third-order valence-electron chi connectivity index (χ3n) is 11.9. The van der Waals surface area contributed by atoms with E-state index in [1.54, 1.807) is 0 Å². The van der Waals surface area contributed by atoms with E-state index in [-0.39, 0.29) is 25.9 Å². The number of esters is 3. The van der Waals surface area contributed by atoms with Gasteiger partial charge in [-0.1, -0.05) is 186 Å². The third kappa shape index (κ3) is 41.4. The molecule has 3 N–H and O–H groups in total. The van der Waals surface area contributed by atoms with Crippen molar-refractivity contribution in [2.24, 2.45) is 0 Å². The fourth-order valence-corrected chi connectivity index (χ4v) is 7.58. The Balaban J connectivity index is 2.79. The number of aliphatic carboxylic acids is 1. The van der Waals surface area contributed by atoms with Crippen molar-refractivity contribution in [3.05, 3.63) is 146 Å². The molecule has 6 atom stereocenters. The van der Waals surface area contributed by atoms with Crippen LogP contribution in [0.3, 0.4) is 0 Å². The van der Waals surface area contributed by atoms with Gasteiger partial charge in [-0.2, -0.15) is 0 Å². The molecule has 1 saturated heterocycles. The third-order valence-corrected chi connectivity index (χ3v) is 11.9. The fraction of sp³-hybridized carbons (Fsp3) is 0.569. The Morgan fingerprint density at radius 2 is 0.792 bits per heavy atom. The van der Waals surface area contributed by atoms with E-state index >= 15 is 0 Å². The maximum absolute atomic E-state index is 13.1. The van der Waals surface area contributed by atoms with Crippen molar-refractivity contribution in [2.45, 2.75) is 225 Å². The molecule has 1 aliphatic heterocycles. The first-order valence-electron chi connectivity index (χ1n) is 28.8. The number of carbonyl (C=O) groups is 4. The van der Waals surface area contributed by atoms with Crippen LogP contribution in [0.4, 0.5) is 0 Å². The van der Waals surface area contributed by atoms with Gasteiger partial charge in [-0.3, -0.25) is 14.4 Å². The van der Waals surface area contributed by atoms with Crippen LogP contribution in [0.1, 0.15) is 188 Å². The molecule has 0 saturated carbocycles. The predicted octanol–water partition coefficient (Wildman–Crippen LogP) is 14.8. The Bertz CT molecular complexity index is 1890. The van der Waals surface area contributed by atoms with Crippen LogP contribution in [0.25, 0.3) is 0 Å². The average molecular weight is 1070 g/mol. The number of carboxylic acid groups (broad SMARTS) is 1. The standard InChI is InChI=1S/C65H98O12/c1-4-7-10-13-16-19-22-25-28-29-32-35-38-41-44-47-50-53-59(68)76-63-61(70)60(69)62(64(71)72)77-65(63)74-55-56(75-58(67)52-49-46-43-40-37-34-31-27-24-21-18-15-12-9-6-3)54-73-57(66)51-48-45-42-39-36-33-30-26-23-20-17-14-11-8-5-2/h7-12,16-21,25-28,30-32,35-36,39,41,44,56,60-63,65,69-70H,4-6,13-15,22-24,29,33-34,37-38,40,42-43,45-55H2,1-3H3,(H,71,72)/b10-7-,11-8-,12-9-,19-16-,20-17-,21-18-,28-25-,30-26-,31-27-,35-32-,39-36-,44-41-. The predicted molar refractivity (Wildman–Crippen MR) is 312 cm³/mol. The Hall–Kier alpha value is -5.40. The molecule has 0 aromatic carbocycles. The second-order valence-electron chi connectivity index (χ2n) is 18.8. The highest BCUT2D eigenvalue weighted by atomic mass is 16.7. The highest BCUT2D eigenvalue weighted by molar-refractivity contribution is 5.74. The first-order chi connectivity index (χ1) is 37.6. The van der Waals surface area contributed by atoms with E-state index in [4.69, 9.17) is 23.7 Å². The molecule has 0 spiro atoms. The van der Waals surface area contributed by atoms with Crippen molar-refractivity contribution in [1.29, 1.82) is 0 Å². The van der Waals surface area contributed by atoms with Gasteiger partial charge in [-0.15, -0.1) is 0 Å². The van der Waals surface area contributed by atoms with Gasteiger partial charge in [0.25, 0.3) is 0 Å². The molecular formula is C65H98O12. The molecule has 0 bridgehead atoms. The normalized spacial score (nSPS) is 19.1. The molecule has 1 aliphatic rings. The number of rotatable bonds is 46. The number of aliphatic hydroxyl groups is 2. The van der Waals surface area contributed by atoms with Gasteiger partial charge < -0.3 is 39.0 Å². The summed E-state index contributed by atoms with van der Waals surface area (Å²) in [5, 5.41) is 31.5. The van der Waals surface area contributed by atoms with Crippen LogP contribution < -0.4 is 0 Å².